The van der Waals surface area contributed by atoms with E-state index in [1.54, 1.807) is 36.6 Å². The largest absolute Gasteiger partial charge is 0.508 e. The number of carbonyl (C=O) groups excluding carboxylic acids is 1. The van der Waals surface area contributed by atoms with Gasteiger partial charge in [0.25, 0.3) is 5.91 Å². The summed E-state index contributed by atoms with van der Waals surface area (Å²) in [5.74, 6) is 0.559. The van der Waals surface area contributed by atoms with E-state index < -0.39 is 0 Å². The Morgan fingerprint density at radius 3 is 2.65 bits per heavy atom. The van der Waals surface area contributed by atoms with Crippen LogP contribution in [0.4, 0.5) is 5.69 Å². The number of carbonyl (C=O) groups is 1. The second-order valence-corrected chi connectivity index (χ2v) is 5.72. The number of phenols is 1. The average molecular weight is 303 g/mol. The fourth-order valence-electron chi connectivity index (χ4n) is 1.79. The van der Waals surface area contributed by atoms with Crippen LogP contribution >= 0.6 is 24.0 Å². The fourth-order valence-corrected chi connectivity index (χ4v) is 3.07. The maximum absolute atomic E-state index is 12.4. The number of anilines is 1. The smallest absolute Gasteiger partial charge is 0.270 e. The molecule has 1 amide bonds. The van der Waals surface area contributed by atoms with E-state index in [1.807, 2.05) is 0 Å². The van der Waals surface area contributed by atoms with Gasteiger partial charge in [-0.05, 0) is 36.4 Å². The van der Waals surface area contributed by atoms with E-state index in [2.05, 4.69) is 0 Å². The lowest BCUT2D eigenvalue weighted by molar-refractivity contribution is -0.113. The first-order chi connectivity index (χ1) is 9.65. The van der Waals surface area contributed by atoms with Gasteiger partial charge in [0, 0.05) is 6.08 Å². The zero-order chi connectivity index (χ0) is 14.1. The highest BCUT2D eigenvalue weighted by atomic mass is 32.2. The molecule has 0 radical (unpaired) electrons. The molecule has 2 aromatic rings. The van der Waals surface area contributed by atoms with Crippen LogP contribution in [0.5, 0.6) is 5.75 Å². The molecule has 4 nitrogen and oxygen atoms in total. The lowest BCUT2D eigenvalue weighted by Crippen LogP contribution is -2.27. The number of amides is 1. The molecule has 1 aromatic carbocycles. The van der Waals surface area contributed by atoms with Crippen molar-refractivity contribution in [1.29, 1.82) is 0 Å². The van der Waals surface area contributed by atoms with Gasteiger partial charge in [-0.1, -0.05) is 24.0 Å². The topological polar surface area (TPSA) is 53.7 Å². The Bertz CT molecular complexity index is 690. The van der Waals surface area contributed by atoms with Crippen LogP contribution in [0, 0.1) is 0 Å². The van der Waals surface area contributed by atoms with Crippen LogP contribution < -0.4 is 4.90 Å². The van der Waals surface area contributed by atoms with E-state index in [1.165, 1.54) is 28.8 Å². The number of aromatic hydroxyl groups is 1. The van der Waals surface area contributed by atoms with Gasteiger partial charge in [-0.15, -0.1) is 0 Å². The Kier molecular flexibility index (Phi) is 3.33. The highest BCUT2D eigenvalue weighted by Crippen LogP contribution is 2.36. The Balaban J connectivity index is 1.93. The van der Waals surface area contributed by atoms with Crippen LogP contribution in [0.3, 0.4) is 0 Å². The highest BCUT2D eigenvalue weighted by molar-refractivity contribution is 8.27. The molecule has 3 rings (SSSR count). The van der Waals surface area contributed by atoms with Crippen molar-refractivity contribution in [2.45, 2.75) is 0 Å². The third-order valence-corrected chi connectivity index (χ3v) is 4.02. The van der Waals surface area contributed by atoms with Gasteiger partial charge in [-0.25, -0.2) is 0 Å². The van der Waals surface area contributed by atoms with Crippen LogP contribution in [-0.2, 0) is 4.79 Å². The van der Waals surface area contributed by atoms with Gasteiger partial charge in [0.1, 0.15) is 11.5 Å². The molecule has 1 aliphatic heterocycles. The minimum absolute atomic E-state index is 0.144. The van der Waals surface area contributed by atoms with E-state index in [4.69, 9.17) is 16.6 Å². The van der Waals surface area contributed by atoms with Crippen molar-refractivity contribution in [3.8, 4) is 5.75 Å². The van der Waals surface area contributed by atoms with Gasteiger partial charge < -0.3 is 9.52 Å². The van der Waals surface area contributed by atoms with Gasteiger partial charge in [-0.3, -0.25) is 9.69 Å². The maximum Gasteiger partial charge on any atom is 0.270 e. The minimum Gasteiger partial charge on any atom is -0.508 e. The number of thioether (sulfide) groups is 1. The molecule has 0 bridgehead atoms. The first-order valence-corrected chi connectivity index (χ1v) is 6.98. The van der Waals surface area contributed by atoms with Gasteiger partial charge in [0.05, 0.1) is 16.9 Å². The van der Waals surface area contributed by atoms with Crippen molar-refractivity contribution in [1.82, 2.24) is 0 Å². The first-order valence-electron chi connectivity index (χ1n) is 5.75. The molecule has 0 unspecified atom stereocenters. The number of benzene rings is 1. The first kappa shape index (κ1) is 13.0. The lowest BCUT2D eigenvalue weighted by atomic mass is 10.2. The predicted octanol–water partition coefficient (Wildman–Crippen LogP) is 3.39. The summed E-state index contributed by atoms with van der Waals surface area (Å²) in [6, 6.07) is 9.86. The molecule has 0 aliphatic carbocycles. The number of hydrogen-bond donors (Lipinski definition) is 1. The van der Waals surface area contributed by atoms with Crippen molar-refractivity contribution in [2.75, 3.05) is 4.90 Å². The van der Waals surface area contributed by atoms with Gasteiger partial charge in [-0.2, -0.15) is 0 Å². The zero-order valence-corrected chi connectivity index (χ0v) is 11.8. The molecule has 2 heterocycles. The second kappa shape index (κ2) is 5.15. The molecule has 0 spiro atoms. The number of hydrogen-bond acceptors (Lipinski definition) is 5. The molecule has 100 valence electrons. The van der Waals surface area contributed by atoms with Crippen LogP contribution in [0.15, 0.2) is 52.0 Å². The van der Waals surface area contributed by atoms with Crippen molar-refractivity contribution in [3.63, 3.8) is 0 Å². The van der Waals surface area contributed by atoms with E-state index >= 15 is 0 Å². The highest BCUT2D eigenvalue weighted by Gasteiger charge is 2.33. The van der Waals surface area contributed by atoms with Gasteiger partial charge in [0.15, 0.2) is 4.32 Å². The number of thiocarbonyl (C=S) groups is 1. The summed E-state index contributed by atoms with van der Waals surface area (Å²) >= 11 is 6.46. The summed E-state index contributed by atoms with van der Waals surface area (Å²) in [6.45, 7) is 0. The molecular weight excluding hydrogens is 294 g/mol. The number of furan rings is 1. The lowest BCUT2D eigenvalue weighted by Gasteiger charge is -2.14. The Labute approximate surface area is 124 Å². The summed E-state index contributed by atoms with van der Waals surface area (Å²) in [5, 5.41) is 9.29. The molecular formula is C14H9NO3S2. The van der Waals surface area contributed by atoms with Crippen LogP contribution in [-0.4, -0.2) is 15.3 Å². The number of rotatable bonds is 2. The van der Waals surface area contributed by atoms with Crippen molar-refractivity contribution < 1.29 is 14.3 Å². The van der Waals surface area contributed by atoms with Crippen molar-refractivity contribution >= 4 is 46.0 Å². The standard InChI is InChI=1S/C14H9NO3S2/c16-10-5-3-9(4-6-10)15-13(17)12(20-14(15)19)8-11-2-1-7-18-11/h1-8,16H/b12-8-. The molecule has 20 heavy (non-hydrogen) atoms. The predicted molar refractivity (Wildman–Crippen MR) is 82.5 cm³/mol. The third-order valence-electron chi connectivity index (χ3n) is 2.72. The normalized spacial score (nSPS) is 17.2. The summed E-state index contributed by atoms with van der Waals surface area (Å²) in [6.07, 6.45) is 3.21. The van der Waals surface area contributed by atoms with E-state index in [-0.39, 0.29) is 11.7 Å². The molecule has 1 fully saturated rings. The number of nitrogens with zero attached hydrogens (tertiary/aromatic N) is 1. The van der Waals surface area contributed by atoms with E-state index in [0.29, 0.717) is 20.7 Å². The van der Waals surface area contributed by atoms with Crippen molar-refractivity contribution in [3.05, 3.63) is 53.3 Å². The molecule has 1 aromatic heterocycles. The third kappa shape index (κ3) is 2.35. The summed E-state index contributed by atoms with van der Waals surface area (Å²) < 4.78 is 5.66. The van der Waals surface area contributed by atoms with Crippen LogP contribution in [0.1, 0.15) is 5.76 Å². The van der Waals surface area contributed by atoms with Gasteiger partial charge >= 0.3 is 0 Å². The van der Waals surface area contributed by atoms with E-state index in [0.717, 1.165) is 0 Å². The van der Waals surface area contributed by atoms with Crippen LogP contribution in [0.2, 0.25) is 0 Å². The Morgan fingerprint density at radius 2 is 2.00 bits per heavy atom. The summed E-state index contributed by atoms with van der Waals surface area (Å²) in [7, 11) is 0. The molecule has 1 N–H and O–H groups in total. The molecule has 1 aliphatic rings. The molecule has 0 saturated carbocycles. The van der Waals surface area contributed by atoms with Gasteiger partial charge in [0.2, 0.25) is 0 Å². The monoisotopic (exact) mass is 303 g/mol. The van der Waals surface area contributed by atoms with Crippen LogP contribution in [0.25, 0.3) is 6.08 Å². The number of phenolic OH excluding ortho intramolecular Hbond substituents is 1. The fraction of sp³-hybridized carbons (Fsp3) is 0. The second-order valence-electron chi connectivity index (χ2n) is 4.05. The average Bonchev–Trinajstić information content (AvgIpc) is 3.02. The molecule has 6 heteroatoms. The minimum atomic E-state index is -0.193. The van der Waals surface area contributed by atoms with Crippen molar-refractivity contribution in [2.24, 2.45) is 0 Å². The summed E-state index contributed by atoms with van der Waals surface area (Å²) in [5.41, 5.74) is 0.633. The van der Waals surface area contributed by atoms with E-state index in [9.17, 15) is 9.90 Å². The Morgan fingerprint density at radius 1 is 1.25 bits per heavy atom. The molecule has 1 saturated heterocycles. The zero-order valence-electron chi connectivity index (χ0n) is 10.1. The maximum atomic E-state index is 12.4. The summed E-state index contributed by atoms with van der Waals surface area (Å²) in [4.78, 5) is 14.3. The SMILES string of the molecule is O=C1/C(=C/c2ccco2)SC(=S)N1c1ccc(O)cc1. The Hall–Kier alpha value is -2.05. The molecule has 0 atom stereocenters. The quantitative estimate of drug-likeness (QED) is 0.681.